The van der Waals surface area contributed by atoms with E-state index in [4.69, 9.17) is 4.52 Å². The van der Waals surface area contributed by atoms with Crippen molar-refractivity contribution in [2.45, 2.75) is 32.9 Å². The smallest absolute Gasteiger partial charge is 0.325 e. The van der Waals surface area contributed by atoms with Crippen LogP contribution in [0.25, 0.3) is 11.3 Å². The zero-order valence-electron chi connectivity index (χ0n) is 13.2. The molecule has 1 fully saturated rings. The van der Waals surface area contributed by atoms with Gasteiger partial charge in [-0.15, -0.1) is 0 Å². The molecule has 1 aromatic carbocycles. The van der Waals surface area contributed by atoms with E-state index >= 15 is 0 Å². The van der Waals surface area contributed by atoms with Gasteiger partial charge in [-0.1, -0.05) is 49.3 Å². The van der Waals surface area contributed by atoms with Crippen molar-refractivity contribution in [3.8, 4) is 11.3 Å². The molecule has 23 heavy (non-hydrogen) atoms. The van der Waals surface area contributed by atoms with E-state index in [0.29, 0.717) is 23.8 Å². The average Bonchev–Trinajstić information content (AvgIpc) is 3.09. The molecule has 3 amide bonds. The first-order valence-electron chi connectivity index (χ1n) is 7.67. The maximum atomic E-state index is 12.3. The maximum absolute atomic E-state index is 12.3. The molecule has 2 aromatic rings. The van der Waals surface area contributed by atoms with E-state index in [1.807, 2.05) is 44.2 Å². The molecule has 0 aliphatic carbocycles. The third-order valence-electron chi connectivity index (χ3n) is 3.75. The molecule has 1 saturated heterocycles. The third-order valence-corrected chi connectivity index (χ3v) is 3.75. The highest BCUT2D eigenvalue weighted by atomic mass is 16.5. The summed E-state index contributed by atoms with van der Waals surface area (Å²) in [7, 11) is 0. The van der Waals surface area contributed by atoms with Crippen LogP contribution in [-0.4, -0.2) is 28.0 Å². The van der Waals surface area contributed by atoms with Crippen LogP contribution in [0.15, 0.2) is 40.9 Å². The van der Waals surface area contributed by atoms with Crippen LogP contribution in [0.2, 0.25) is 0 Å². The number of carbonyl (C=O) groups is 2. The summed E-state index contributed by atoms with van der Waals surface area (Å²) in [5.74, 6) is 0.750. The van der Waals surface area contributed by atoms with Crippen LogP contribution in [0.4, 0.5) is 4.79 Å². The van der Waals surface area contributed by atoms with E-state index in [1.165, 1.54) is 4.90 Å². The van der Waals surface area contributed by atoms with E-state index in [2.05, 4.69) is 10.5 Å². The number of carbonyl (C=O) groups excluding carboxylic acids is 2. The second-order valence-electron chi connectivity index (χ2n) is 6.10. The largest absolute Gasteiger partial charge is 0.356 e. The third kappa shape index (κ3) is 3.26. The average molecular weight is 313 g/mol. The van der Waals surface area contributed by atoms with Gasteiger partial charge in [0, 0.05) is 11.6 Å². The number of aromatic nitrogens is 1. The van der Waals surface area contributed by atoms with Gasteiger partial charge in [0.15, 0.2) is 5.76 Å². The predicted octanol–water partition coefficient (Wildman–Crippen LogP) is 2.81. The minimum absolute atomic E-state index is 0.121. The van der Waals surface area contributed by atoms with Crippen LogP contribution < -0.4 is 5.32 Å². The summed E-state index contributed by atoms with van der Waals surface area (Å²) in [6.07, 6.45) is 0.634. The fourth-order valence-corrected chi connectivity index (χ4v) is 2.64. The lowest BCUT2D eigenvalue weighted by Gasteiger charge is -2.12. The summed E-state index contributed by atoms with van der Waals surface area (Å²) in [6.45, 7) is 4.16. The number of hydrogen-bond acceptors (Lipinski definition) is 4. The van der Waals surface area contributed by atoms with Crippen LogP contribution in [0.3, 0.4) is 0 Å². The minimum Gasteiger partial charge on any atom is -0.356 e. The van der Waals surface area contributed by atoms with Gasteiger partial charge in [0.25, 0.3) is 5.91 Å². The molecule has 120 valence electrons. The Kier molecular flexibility index (Phi) is 4.14. The Labute approximate surface area is 134 Å². The molecule has 0 bridgehead atoms. The molecule has 1 aromatic heterocycles. The van der Waals surface area contributed by atoms with Gasteiger partial charge < -0.3 is 9.84 Å². The molecule has 1 aliphatic rings. The van der Waals surface area contributed by atoms with Gasteiger partial charge in [-0.05, 0) is 12.3 Å². The Hall–Kier alpha value is -2.63. The monoisotopic (exact) mass is 313 g/mol. The molecule has 0 spiro atoms. The summed E-state index contributed by atoms with van der Waals surface area (Å²) in [4.78, 5) is 25.5. The highest BCUT2D eigenvalue weighted by Crippen LogP contribution is 2.22. The molecule has 6 nitrogen and oxygen atoms in total. The Balaban J connectivity index is 1.71. The van der Waals surface area contributed by atoms with Gasteiger partial charge in [0.05, 0.1) is 6.54 Å². The van der Waals surface area contributed by atoms with Crippen LogP contribution in [0.5, 0.6) is 0 Å². The number of rotatable bonds is 5. The SMILES string of the molecule is CC(C)CC1NC(=O)N(Cc2cc(-c3ccccc3)on2)C1=O. The first-order valence-corrected chi connectivity index (χ1v) is 7.67. The number of nitrogens with one attached hydrogen (secondary N) is 1. The van der Waals surface area contributed by atoms with E-state index in [0.717, 1.165) is 5.56 Å². The maximum Gasteiger partial charge on any atom is 0.325 e. The highest BCUT2D eigenvalue weighted by molar-refractivity contribution is 6.04. The Bertz CT molecular complexity index is 709. The van der Waals surface area contributed by atoms with Crippen LogP contribution in [0.1, 0.15) is 26.0 Å². The zero-order chi connectivity index (χ0) is 16.4. The van der Waals surface area contributed by atoms with E-state index in [1.54, 1.807) is 6.07 Å². The van der Waals surface area contributed by atoms with Gasteiger partial charge >= 0.3 is 6.03 Å². The van der Waals surface area contributed by atoms with E-state index in [9.17, 15) is 9.59 Å². The lowest BCUT2D eigenvalue weighted by atomic mass is 10.0. The molecular formula is C17H19N3O3. The quantitative estimate of drug-likeness (QED) is 0.861. The molecule has 0 saturated carbocycles. The summed E-state index contributed by atoms with van der Waals surface area (Å²) in [6, 6.07) is 10.5. The Morgan fingerprint density at radius 1 is 1.26 bits per heavy atom. The van der Waals surface area contributed by atoms with Crippen molar-refractivity contribution in [2.75, 3.05) is 0 Å². The van der Waals surface area contributed by atoms with Gasteiger partial charge in [0.2, 0.25) is 0 Å². The zero-order valence-corrected chi connectivity index (χ0v) is 13.2. The summed E-state index contributed by atoms with van der Waals surface area (Å²) in [5.41, 5.74) is 1.46. The number of hydrogen-bond donors (Lipinski definition) is 1. The molecular weight excluding hydrogens is 294 g/mol. The van der Waals surface area contributed by atoms with Gasteiger partial charge in [-0.2, -0.15) is 0 Å². The fourth-order valence-electron chi connectivity index (χ4n) is 2.64. The Morgan fingerprint density at radius 2 is 2.00 bits per heavy atom. The predicted molar refractivity (Wildman–Crippen MR) is 84.3 cm³/mol. The van der Waals surface area contributed by atoms with Crippen molar-refractivity contribution in [3.63, 3.8) is 0 Å². The van der Waals surface area contributed by atoms with Gasteiger partial charge in [-0.3, -0.25) is 9.69 Å². The highest BCUT2D eigenvalue weighted by Gasteiger charge is 2.38. The summed E-state index contributed by atoms with van der Waals surface area (Å²) in [5, 5.41) is 6.68. The minimum atomic E-state index is -0.442. The molecule has 0 radical (unpaired) electrons. The number of amides is 3. The molecule has 1 unspecified atom stereocenters. The van der Waals surface area contributed by atoms with Crippen molar-refractivity contribution in [1.82, 2.24) is 15.4 Å². The molecule has 1 N–H and O–H groups in total. The first kappa shape index (κ1) is 15.3. The standard InChI is InChI=1S/C17H19N3O3/c1-11(2)8-14-16(21)20(17(22)18-14)10-13-9-15(23-19-13)12-6-4-3-5-7-12/h3-7,9,11,14H,8,10H2,1-2H3,(H,18,22). The fraction of sp³-hybridized carbons (Fsp3) is 0.353. The van der Waals surface area contributed by atoms with Crippen molar-refractivity contribution in [1.29, 1.82) is 0 Å². The molecule has 1 atom stereocenters. The summed E-state index contributed by atoms with van der Waals surface area (Å²) >= 11 is 0. The molecule has 3 rings (SSSR count). The number of nitrogens with zero attached hydrogens (tertiary/aromatic N) is 2. The van der Waals surface area contributed by atoms with Crippen molar-refractivity contribution >= 4 is 11.9 Å². The molecule has 6 heteroatoms. The molecule has 1 aliphatic heterocycles. The number of benzene rings is 1. The normalized spacial score (nSPS) is 17.9. The van der Waals surface area contributed by atoms with Crippen LogP contribution in [-0.2, 0) is 11.3 Å². The van der Waals surface area contributed by atoms with E-state index < -0.39 is 6.04 Å². The first-order chi connectivity index (χ1) is 11.0. The lowest BCUT2D eigenvalue weighted by molar-refractivity contribution is -0.128. The van der Waals surface area contributed by atoms with E-state index in [-0.39, 0.29) is 18.5 Å². The second kappa shape index (κ2) is 6.24. The topological polar surface area (TPSA) is 75.4 Å². The second-order valence-corrected chi connectivity index (χ2v) is 6.10. The number of urea groups is 1. The van der Waals surface area contributed by atoms with Gasteiger partial charge in [0.1, 0.15) is 11.7 Å². The number of imide groups is 1. The van der Waals surface area contributed by atoms with Gasteiger partial charge in [-0.25, -0.2) is 4.79 Å². The van der Waals surface area contributed by atoms with Crippen molar-refractivity contribution in [3.05, 3.63) is 42.1 Å². The Morgan fingerprint density at radius 3 is 2.70 bits per heavy atom. The van der Waals surface area contributed by atoms with Crippen molar-refractivity contribution < 1.29 is 14.1 Å². The lowest BCUT2D eigenvalue weighted by Crippen LogP contribution is -2.31. The molecule has 2 heterocycles. The summed E-state index contributed by atoms with van der Waals surface area (Å²) < 4.78 is 5.30. The van der Waals surface area contributed by atoms with Crippen LogP contribution in [0, 0.1) is 5.92 Å². The van der Waals surface area contributed by atoms with Crippen LogP contribution >= 0.6 is 0 Å². The van der Waals surface area contributed by atoms with Crippen molar-refractivity contribution in [2.24, 2.45) is 5.92 Å².